The van der Waals surface area contributed by atoms with E-state index in [1.54, 1.807) is 18.2 Å². The summed E-state index contributed by atoms with van der Waals surface area (Å²) in [4.78, 5) is 9.00. The van der Waals surface area contributed by atoms with Crippen molar-refractivity contribution < 1.29 is 27.8 Å². The Morgan fingerprint density at radius 2 is 1.97 bits per heavy atom. The van der Waals surface area contributed by atoms with Gasteiger partial charge in [0.25, 0.3) is 5.97 Å². The highest BCUT2D eigenvalue weighted by Crippen LogP contribution is 2.31. The molecule has 0 saturated heterocycles. The fourth-order valence-electron chi connectivity index (χ4n) is 1.91. The van der Waals surface area contributed by atoms with Gasteiger partial charge in [-0.25, -0.2) is 5.43 Å². The standard InChI is InChI=1S/C16H14ClF3N4O.C2H4O2/c17-14-11(8-23-24-15(21)22)4-2-6-13(14)25-9-10-3-1-5-12(7-10)16(18,19)20;1-2(3)4/h1-8H,9H2,(H4,21,22,24);1H3,(H,3,4)/b23-8+;. The first kappa shape index (κ1) is 23.8. The Morgan fingerprint density at radius 3 is 2.55 bits per heavy atom. The van der Waals surface area contributed by atoms with Gasteiger partial charge in [-0.1, -0.05) is 35.9 Å². The molecule has 0 aromatic heterocycles. The van der Waals surface area contributed by atoms with Crippen molar-refractivity contribution in [1.82, 2.24) is 5.43 Å². The molecule has 0 radical (unpaired) electrons. The molecule has 156 valence electrons. The zero-order valence-corrected chi connectivity index (χ0v) is 15.9. The van der Waals surface area contributed by atoms with E-state index in [9.17, 15) is 13.2 Å². The number of carbonyl (C=O) groups is 1. The van der Waals surface area contributed by atoms with Crippen LogP contribution in [0, 0.1) is 5.41 Å². The van der Waals surface area contributed by atoms with Crippen molar-refractivity contribution in [2.45, 2.75) is 19.7 Å². The number of hydrazone groups is 1. The number of aliphatic carboxylic acids is 1. The molecule has 0 unspecified atom stereocenters. The predicted octanol–water partition coefficient (Wildman–Crippen LogP) is 3.85. The Bertz CT molecular complexity index is 885. The van der Waals surface area contributed by atoms with Crippen LogP contribution in [0.25, 0.3) is 0 Å². The molecule has 5 N–H and O–H groups in total. The molecule has 0 aliphatic carbocycles. The van der Waals surface area contributed by atoms with Crippen LogP contribution in [-0.2, 0) is 17.6 Å². The van der Waals surface area contributed by atoms with Crippen LogP contribution in [0.1, 0.15) is 23.6 Å². The molecule has 0 amide bonds. The average Bonchev–Trinajstić information content (AvgIpc) is 2.61. The summed E-state index contributed by atoms with van der Waals surface area (Å²) < 4.78 is 43.7. The van der Waals surface area contributed by atoms with Crippen molar-refractivity contribution in [3.8, 4) is 5.75 Å². The van der Waals surface area contributed by atoms with Crippen molar-refractivity contribution in [2.75, 3.05) is 0 Å². The fraction of sp³-hybridized carbons (Fsp3) is 0.167. The largest absolute Gasteiger partial charge is 0.487 e. The minimum Gasteiger partial charge on any atom is -0.487 e. The Labute approximate surface area is 169 Å². The van der Waals surface area contributed by atoms with Gasteiger partial charge in [0, 0.05) is 12.5 Å². The molecular weight excluding hydrogens is 413 g/mol. The molecule has 0 aliphatic rings. The first-order valence-electron chi connectivity index (χ1n) is 7.90. The second kappa shape index (κ2) is 10.9. The van der Waals surface area contributed by atoms with Gasteiger partial charge in [0.1, 0.15) is 12.4 Å². The number of alkyl halides is 3. The number of nitrogens with zero attached hydrogens (tertiary/aromatic N) is 1. The number of benzene rings is 2. The number of guanidine groups is 1. The van der Waals surface area contributed by atoms with Gasteiger partial charge in [-0.05, 0) is 23.8 Å². The molecule has 0 aliphatic heterocycles. The first-order chi connectivity index (χ1) is 13.5. The number of carboxylic acid groups (broad SMARTS) is 1. The summed E-state index contributed by atoms with van der Waals surface area (Å²) in [5.41, 5.74) is 7.46. The van der Waals surface area contributed by atoms with E-state index in [4.69, 9.17) is 37.4 Å². The van der Waals surface area contributed by atoms with Crippen LogP contribution in [0.3, 0.4) is 0 Å². The van der Waals surface area contributed by atoms with Gasteiger partial charge in [0.05, 0.1) is 16.8 Å². The molecule has 0 atom stereocenters. The second-order valence-electron chi connectivity index (χ2n) is 5.45. The first-order valence-corrected chi connectivity index (χ1v) is 8.28. The molecule has 11 heteroatoms. The Hall–Kier alpha value is -3.27. The van der Waals surface area contributed by atoms with E-state index in [0.29, 0.717) is 16.9 Å². The summed E-state index contributed by atoms with van der Waals surface area (Å²) in [5, 5.41) is 18.4. The van der Waals surface area contributed by atoms with Crippen molar-refractivity contribution in [3.63, 3.8) is 0 Å². The van der Waals surface area contributed by atoms with Crippen molar-refractivity contribution >= 4 is 29.7 Å². The number of carboxylic acids is 1. The number of hydrogen-bond donors (Lipinski definition) is 4. The van der Waals surface area contributed by atoms with E-state index >= 15 is 0 Å². The number of ether oxygens (including phenoxy) is 1. The zero-order valence-electron chi connectivity index (χ0n) is 15.1. The van der Waals surface area contributed by atoms with E-state index in [-0.39, 0.29) is 17.6 Å². The number of nitrogens with one attached hydrogen (secondary N) is 2. The summed E-state index contributed by atoms with van der Waals surface area (Å²) >= 11 is 6.19. The van der Waals surface area contributed by atoms with Gasteiger partial charge >= 0.3 is 6.18 Å². The minimum atomic E-state index is -4.41. The van der Waals surface area contributed by atoms with Gasteiger partial charge in [0.2, 0.25) is 5.96 Å². The summed E-state index contributed by atoms with van der Waals surface area (Å²) in [5.74, 6) is -0.866. The van der Waals surface area contributed by atoms with E-state index in [1.807, 2.05) is 0 Å². The fourth-order valence-corrected chi connectivity index (χ4v) is 2.14. The smallest absolute Gasteiger partial charge is 0.416 e. The number of nitrogens with two attached hydrogens (primary N) is 1. The minimum absolute atomic E-state index is 0.0735. The molecule has 7 nitrogen and oxygen atoms in total. The quantitative estimate of drug-likeness (QED) is 0.326. The molecular formula is C18H18ClF3N4O3. The maximum absolute atomic E-state index is 12.7. The summed E-state index contributed by atoms with van der Waals surface area (Å²) in [6, 6.07) is 9.77. The molecule has 29 heavy (non-hydrogen) atoms. The molecule has 0 saturated carbocycles. The van der Waals surface area contributed by atoms with Crippen LogP contribution >= 0.6 is 11.6 Å². The van der Waals surface area contributed by atoms with Crippen LogP contribution in [-0.4, -0.2) is 23.2 Å². The summed E-state index contributed by atoms with van der Waals surface area (Å²) in [6.07, 6.45) is -3.06. The lowest BCUT2D eigenvalue weighted by molar-refractivity contribution is -0.137. The number of halogens is 4. The zero-order chi connectivity index (χ0) is 22.0. The van der Waals surface area contributed by atoms with E-state index < -0.39 is 17.7 Å². The topological polar surface area (TPSA) is 121 Å². The van der Waals surface area contributed by atoms with Gasteiger partial charge in [0.15, 0.2) is 0 Å². The lowest BCUT2D eigenvalue weighted by atomic mass is 10.1. The third-order valence-electron chi connectivity index (χ3n) is 3.03. The molecule has 0 bridgehead atoms. The predicted molar refractivity (Wildman–Crippen MR) is 103 cm³/mol. The van der Waals surface area contributed by atoms with E-state index in [1.165, 1.54) is 18.3 Å². The average molecular weight is 431 g/mol. The monoisotopic (exact) mass is 430 g/mol. The molecule has 0 spiro atoms. The maximum Gasteiger partial charge on any atom is 0.416 e. The van der Waals surface area contributed by atoms with Gasteiger partial charge in [-0.3, -0.25) is 10.2 Å². The molecule has 2 aromatic rings. The molecule has 0 heterocycles. The van der Waals surface area contributed by atoms with Crippen LogP contribution in [0.15, 0.2) is 47.6 Å². The van der Waals surface area contributed by atoms with Gasteiger partial charge < -0.3 is 15.6 Å². The third-order valence-corrected chi connectivity index (χ3v) is 3.43. The van der Waals surface area contributed by atoms with E-state index in [2.05, 4.69) is 10.5 Å². The lowest BCUT2D eigenvalue weighted by Crippen LogP contribution is -2.25. The van der Waals surface area contributed by atoms with Gasteiger partial charge in [-0.2, -0.15) is 18.3 Å². The third kappa shape index (κ3) is 8.98. The number of hydrogen-bond acceptors (Lipinski definition) is 4. The normalized spacial score (nSPS) is 10.8. The highest BCUT2D eigenvalue weighted by Gasteiger charge is 2.30. The van der Waals surface area contributed by atoms with Gasteiger partial charge in [-0.15, -0.1) is 0 Å². The number of rotatable bonds is 5. The van der Waals surface area contributed by atoms with Crippen LogP contribution in [0.4, 0.5) is 13.2 Å². The maximum atomic E-state index is 12.7. The Balaban J connectivity index is 0.000000960. The van der Waals surface area contributed by atoms with E-state index in [0.717, 1.165) is 19.1 Å². The SMILES string of the molecule is CC(=O)O.N=C(N)N/N=C/c1cccc(OCc2cccc(C(F)(F)F)c2)c1Cl. The Morgan fingerprint density at radius 1 is 1.34 bits per heavy atom. The summed E-state index contributed by atoms with van der Waals surface area (Å²) in [6.45, 7) is 1.01. The highest BCUT2D eigenvalue weighted by atomic mass is 35.5. The molecule has 2 aromatic carbocycles. The molecule has 2 rings (SSSR count). The van der Waals surface area contributed by atoms with Crippen molar-refractivity contribution in [2.24, 2.45) is 10.8 Å². The van der Waals surface area contributed by atoms with Crippen molar-refractivity contribution in [1.29, 1.82) is 5.41 Å². The lowest BCUT2D eigenvalue weighted by Gasteiger charge is -2.11. The van der Waals surface area contributed by atoms with Crippen molar-refractivity contribution in [3.05, 3.63) is 64.2 Å². The van der Waals surface area contributed by atoms with Crippen LogP contribution in [0.2, 0.25) is 5.02 Å². The second-order valence-corrected chi connectivity index (χ2v) is 5.83. The highest BCUT2D eigenvalue weighted by molar-refractivity contribution is 6.34. The molecule has 0 fully saturated rings. The summed E-state index contributed by atoms with van der Waals surface area (Å²) in [7, 11) is 0. The Kier molecular flexibility index (Phi) is 8.94. The van der Waals surface area contributed by atoms with Crippen LogP contribution in [0.5, 0.6) is 5.75 Å². The van der Waals surface area contributed by atoms with Crippen LogP contribution < -0.4 is 15.9 Å².